The Morgan fingerprint density at radius 3 is 2.71 bits per heavy atom. The second-order valence-corrected chi connectivity index (χ2v) is 4.83. The van der Waals surface area contributed by atoms with Crippen LogP contribution in [0.5, 0.6) is 0 Å². The van der Waals surface area contributed by atoms with E-state index in [1.54, 1.807) is 25.1 Å². The van der Waals surface area contributed by atoms with Crippen LogP contribution in [-0.2, 0) is 11.3 Å². The van der Waals surface area contributed by atoms with Gasteiger partial charge in [0.1, 0.15) is 11.5 Å². The van der Waals surface area contributed by atoms with Gasteiger partial charge in [0.25, 0.3) is 0 Å². The Hall–Kier alpha value is -2.43. The maximum atomic E-state index is 12.1. The lowest BCUT2D eigenvalue weighted by Gasteiger charge is -2.22. The van der Waals surface area contributed by atoms with E-state index in [0.29, 0.717) is 30.1 Å². The Morgan fingerprint density at radius 2 is 2.10 bits per heavy atom. The van der Waals surface area contributed by atoms with Gasteiger partial charge in [-0.1, -0.05) is 6.07 Å². The summed E-state index contributed by atoms with van der Waals surface area (Å²) in [6.45, 7) is 4.52. The molecule has 1 aromatic carbocycles. The molecule has 1 aromatic heterocycles. The van der Waals surface area contributed by atoms with Crippen molar-refractivity contribution >= 4 is 17.3 Å². The summed E-state index contributed by atoms with van der Waals surface area (Å²) in [5.74, 6) is 1.29. The number of esters is 1. The van der Waals surface area contributed by atoms with Crippen LogP contribution in [0.1, 0.15) is 28.8 Å². The van der Waals surface area contributed by atoms with E-state index in [1.807, 2.05) is 31.0 Å². The predicted octanol–water partition coefficient (Wildman–Crippen LogP) is 2.98. The second kappa shape index (κ2) is 6.35. The fourth-order valence-corrected chi connectivity index (χ4v) is 2.24. The number of anilines is 2. The zero-order chi connectivity index (χ0) is 15.4. The molecule has 0 amide bonds. The number of nitrogens with zero attached hydrogens (tertiary/aromatic N) is 1. The summed E-state index contributed by atoms with van der Waals surface area (Å²) in [5, 5.41) is 0. The smallest absolute Gasteiger partial charge is 0.340 e. The molecule has 0 radical (unpaired) electrons. The minimum Gasteiger partial charge on any atom is -0.464 e. The topological polar surface area (TPSA) is 68.7 Å². The molecule has 5 nitrogen and oxygen atoms in total. The fourth-order valence-electron chi connectivity index (χ4n) is 2.24. The number of hydrogen-bond donors (Lipinski definition) is 1. The van der Waals surface area contributed by atoms with Crippen LogP contribution in [0.15, 0.2) is 34.7 Å². The maximum absolute atomic E-state index is 12.1. The van der Waals surface area contributed by atoms with Gasteiger partial charge in [-0.05, 0) is 38.1 Å². The van der Waals surface area contributed by atoms with E-state index < -0.39 is 0 Å². The molecule has 21 heavy (non-hydrogen) atoms. The third-order valence-corrected chi connectivity index (χ3v) is 3.13. The second-order valence-electron chi connectivity index (χ2n) is 4.83. The van der Waals surface area contributed by atoms with Gasteiger partial charge in [0.15, 0.2) is 0 Å². The largest absolute Gasteiger partial charge is 0.464 e. The molecular weight excluding hydrogens is 268 g/mol. The van der Waals surface area contributed by atoms with Crippen LogP contribution in [0.25, 0.3) is 0 Å². The number of furan rings is 1. The molecule has 0 saturated carbocycles. The first-order chi connectivity index (χ1) is 10.0. The minimum absolute atomic E-state index is 0.328. The Labute approximate surface area is 124 Å². The predicted molar refractivity (Wildman–Crippen MR) is 82.4 cm³/mol. The number of hydrogen-bond acceptors (Lipinski definition) is 5. The maximum Gasteiger partial charge on any atom is 0.340 e. The van der Waals surface area contributed by atoms with Crippen molar-refractivity contribution in [1.29, 1.82) is 0 Å². The minimum atomic E-state index is -0.373. The van der Waals surface area contributed by atoms with Crippen LogP contribution in [0.3, 0.4) is 0 Å². The lowest BCUT2D eigenvalue weighted by atomic mass is 10.1. The molecule has 2 N–H and O–H groups in total. The lowest BCUT2D eigenvalue weighted by molar-refractivity contribution is 0.0527. The van der Waals surface area contributed by atoms with E-state index in [-0.39, 0.29) is 5.97 Å². The highest BCUT2D eigenvalue weighted by atomic mass is 16.5. The van der Waals surface area contributed by atoms with Gasteiger partial charge < -0.3 is 19.8 Å². The van der Waals surface area contributed by atoms with Crippen molar-refractivity contribution < 1.29 is 13.9 Å². The molecule has 0 atom stereocenters. The molecule has 0 aliphatic heterocycles. The highest BCUT2D eigenvalue weighted by molar-refractivity contribution is 5.99. The molecule has 2 rings (SSSR count). The summed E-state index contributed by atoms with van der Waals surface area (Å²) in [6.07, 6.45) is 0. The van der Waals surface area contributed by atoms with E-state index in [0.717, 1.165) is 11.5 Å². The van der Waals surface area contributed by atoms with Gasteiger partial charge in [0.05, 0.1) is 30.1 Å². The molecule has 1 heterocycles. The first kappa shape index (κ1) is 15.0. The van der Waals surface area contributed by atoms with Crippen molar-refractivity contribution in [2.45, 2.75) is 20.4 Å². The standard InChI is InChI=1S/C16H20N2O3/c1-4-20-16(19)13-6-5-7-14(17)15(13)18(3)10-12-9-8-11(2)21-12/h5-9H,4,10,17H2,1-3H3. The SMILES string of the molecule is CCOC(=O)c1cccc(N)c1N(C)Cc1ccc(C)o1. The van der Waals surface area contributed by atoms with Crippen molar-refractivity contribution in [3.8, 4) is 0 Å². The molecule has 5 heteroatoms. The molecular formula is C16H20N2O3. The Kier molecular flexibility index (Phi) is 4.52. The summed E-state index contributed by atoms with van der Waals surface area (Å²) in [7, 11) is 1.87. The average molecular weight is 288 g/mol. The number of nitrogens with two attached hydrogens (primary N) is 1. The number of carbonyl (C=O) groups excluding carboxylic acids is 1. The zero-order valence-electron chi connectivity index (χ0n) is 12.6. The number of carbonyl (C=O) groups is 1. The van der Waals surface area contributed by atoms with E-state index in [9.17, 15) is 4.79 Å². The monoisotopic (exact) mass is 288 g/mol. The van der Waals surface area contributed by atoms with Gasteiger partial charge >= 0.3 is 5.97 Å². The first-order valence-electron chi connectivity index (χ1n) is 6.85. The van der Waals surface area contributed by atoms with E-state index in [1.165, 1.54) is 0 Å². The number of nitrogen functional groups attached to an aromatic ring is 1. The fraction of sp³-hybridized carbons (Fsp3) is 0.312. The number of para-hydroxylation sites is 1. The summed E-state index contributed by atoms with van der Waals surface area (Å²) >= 11 is 0. The highest BCUT2D eigenvalue weighted by Crippen LogP contribution is 2.29. The lowest BCUT2D eigenvalue weighted by Crippen LogP contribution is -2.21. The Bertz CT molecular complexity index is 634. The van der Waals surface area contributed by atoms with Crippen LogP contribution in [-0.4, -0.2) is 19.6 Å². The Balaban J connectivity index is 2.30. The van der Waals surface area contributed by atoms with E-state index >= 15 is 0 Å². The third-order valence-electron chi connectivity index (χ3n) is 3.13. The zero-order valence-corrected chi connectivity index (χ0v) is 12.6. The molecule has 0 spiro atoms. The summed E-state index contributed by atoms with van der Waals surface area (Å²) in [6, 6.07) is 9.05. The molecule has 0 aliphatic carbocycles. The average Bonchev–Trinajstić information content (AvgIpc) is 2.83. The number of rotatable bonds is 5. The normalized spacial score (nSPS) is 10.4. The van der Waals surface area contributed by atoms with Crippen LogP contribution in [0.4, 0.5) is 11.4 Å². The van der Waals surface area contributed by atoms with E-state index in [2.05, 4.69) is 0 Å². The summed E-state index contributed by atoms with van der Waals surface area (Å²) in [5.41, 5.74) is 7.69. The van der Waals surface area contributed by atoms with Crippen LogP contribution < -0.4 is 10.6 Å². The van der Waals surface area contributed by atoms with Gasteiger partial charge in [-0.15, -0.1) is 0 Å². The van der Waals surface area contributed by atoms with Gasteiger partial charge in [-0.2, -0.15) is 0 Å². The highest BCUT2D eigenvalue weighted by Gasteiger charge is 2.18. The molecule has 112 valence electrons. The Morgan fingerprint density at radius 1 is 1.33 bits per heavy atom. The summed E-state index contributed by atoms with van der Waals surface area (Å²) in [4.78, 5) is 13.9. The van der Waals surface area contributed by atoms with Gasteiger partial charge in [0.2, 0.25) is 0 Å². The number of aryl methyl sites for hydroxylation is 1. The molecule has 2 aromatic rings. The molecule has 0 unspecified atom stereocenters. The van der Waals surface area contributed by atoms with Gasteiger partial charge in [-0.3, -0.25) is 0 Å². The van der Waals surface area contributed by atoms with Crippen molar-refractivity contribution in [2.24, 2.45) is 0 Å². The van der Waals surface area contributed by atoms with Crippen molar-refractivity contribution in [3.05, 3.63) is 47.4 Å². The van der Waals surface area contributed by atoms with Crippen molar-refractivity contribution in [1.82, 2.24) is 0 Å². The molecule has 0 aliphatic rings. The first-order valence-corrected chi connectivity index (χ1v) is 6.85. The number of benzene rings is 1. The third kappa shape index (κ3) is 3.37. The van der Waals surface area contributed by atoms with Gasteiger partial charge in [0, 0.05) is 7.05 Å². The molecule has 0 fully saturated rings. The van der Waals surface area contributed by atoms with Crippen LogP contribution >= 0.6 is 0 Å². The molecule has 0 bridgehead atoms. The number of ether oxygens (including phenoxy) is 1. The van der Waals surface area contributed by atoms with Crippen LogP contribution in [0, 0.1) is 6.92 Å². The van der Waals surface area contributed by atoms with Crippen molar-refractivity contribution in [3.63, 3.8) is 0 Å². The van der Waals surface area contributed by atoms with E-state index in [4.69, 9.17) is 14.9 Å². The van der Waals surface area contributed by atoms with Crippen LogP contribution in [0.2, 0.25) is 0 Å². The quantitative estimate of drug-likeness (QED) is 0.676. The van der Waals surface area contributed by atoms with Gasteiger partial charge in [-0.25, -0.2) is 4.79 Å². The molecule has 0 saturated heterocycles. The summed E-state index contributed by atoms with van der Waals surface area (Å²) < 4.78 is 10.6. The van der Waals surface area contributed by atoms with Crippen molar-refractivity contribution in [2.75, 3.05) is 24.3 Å².